The first-order valence-electron chi connectivity index (χ1n) is 12.7. The third-order valence-electron chi connectivity index (χ3n) is 8.08. The van der Waals surface area contributed by atoms with E-state index in [4.69, 9.17) is 4.98 Å². The van der Waals surface area contributed by atoms with Crippen LogP contribution in [0.3, 0.4) is 0 Å². The van der Waals surface area contributed by atoms with Crippen LogP contribution in [0.4, 0.5) is 0 Å². The van der Waals surface area contributed by atoms with Gasteiger partial charge in [0.25, 0.3) is 0 Å². The van der Waals surface area contributed by atoms with Gasteiger partial charge in [-0.15, -0.1) is 0 Å². The lowest BCUT2D eigenvalue weighted by Gasteiger charge is -2.16. The van der Waals surface area contributed by atoms with E-state index in [1.54, 1.807) is 0 Å². The number of imidazole rings is 1. The summed E-state index contributed by atoms with van der Waals surface area (Å²) < 4.78 is 2.10. The zero-order valence-corrected chi connectivity index (χ0v) is 19.9. The Morgan fingerprint density at radius 2 is 1.03 bits per heavy atom. The van der Waals surface area contributed by atoms with Crippen LogP contribution in [0.2, 0.25) is 0 Å². The molecule has 2 nitrogen and oxygen atoms in total. The number of hydrogen-bond donors (Lipinski definition) is 0. The fourth-order valence-corrected chi connectivity index (χ4v) is 6.51. The van der Waals surface area contributed by atoms with E-state index in [1.165, 1.54) is 64.6 Å². The summed E-state index contributed by atoms with van der Waals surface area (Å²) in [6.45, 7) is 0. The summed E-state index contributed by atoms with van der Waals surface area (Å²) in [5.74, 6) is 0. The molecule has 0 spiro atoms. The van der Waals surface area contributed by atoms with Gasteiger partial charge in [-0.05, 0) is 88.9 Å². The van der Waals surface area contributed by atoms with Crippen LogP contribution in [0, 0.1) is 0 Å². The van der Waals surface area contributed by atoms with Gasteiger partial charge in [0.05, 0.1) is 5.69 Å². The number of nitrogens with zero attached hydrogens (tertiary/aromatic N) is 2. The summed E-state index contributed by atoms with van der Waals surface area (Å²) in [7, 11) is 0. The maximum atomic E-state index is 4.97. The molecular formula is C35H20N2. The van der Waals surface area contributed by atoms with Crippen LogP contribution >= 0.6 is 0 Å². The van der Waals surface area contributed by atoms with Crippen molar-refractivity contribution in [2.24, 2.45) is 0 Å². The predicted octanol–water partition coefficient (Wildman–Crippen LogP) is 9.36. The minimum atomic E-state index is 0.960. The Hall–Kier alpha value is -4.95. The average Bonchev–Trinajstić information content (AvgIpc) is 3.39. The molecule has 7 aromatic carbocycles. The summed E-state index contributed by atoms with van der Waals surface area (Å²) in [6, 6.07) is 40.1. The zero-order valence-electron chi connectivity index (χ0n) is 19.9. The van der Waals surface area contributed by atoms with Gasteiger partial charge in [0.2, 0.25) is 0 Å². The van der Waals surface area contributed by atoms with E-state index < -0.39 is 0 Å². The highest BCUT2D eigenvalue weighted by Gasteiger charge is 2.16. The highest BCUT2D eigenvalue weighted by atomic mass is 15.0. The zero-order chi connectivity index (χ0) is 24.1. The predicted molar refractivity (Wildman–Crippen MR) is 157 cm³/mol. The lowest BCUT2D eigenvalue weighted by Crippen LogP contribution is -1.89. The number of fused-ring (bicyclic) bond motifs is 3. The first kappa shape index (κ1) is 19.3. The second kappa shape index (κ2) is 6.83. The van der Waals surface area contributed by atoms with E-state index in [9.17, 15) is 0 Å². The van der Waals surface area contributed by atoms with Crippen molar-refractivity contribution < 1.29 is 0 Å². The average molecular weight is 469 g/mol. The van der Waals surface area contributed by atoms with Crippen molar-refractivity contribution in [2.45, 2.75) is 0 Å². The standard InChI is InChI=1S/C35H20N2/c1-2-17-37-20-30(36-31(37)12-1)25-18-24-16-15-23-7-4-10-27-26-9-3-6-21-13-14-22-8-5-11-28(34(22)32(21)26)29(19-25)35(24)33(23)27/h1-20H. The van der Waals surface area contributed by atoms with E-state index in [-0.39, 0.29) is 0 Å². The van der Waals surface area contributed by atoms with Crippen molar-refractivity contribution in [3.05, 3.63) is 122 Å². The SMILES string of the molecule is c1cc2ccc3cccc4c5cc(-c6cn7ccccc7n6)cc6ccc7cccc(c(c1)c2c34)c7c65. The molecule has 0 N–H and O–H groups in total. The molecule has 37 heavy (non-hydrogen) atoms. The normalized spacial score (nSPS) is 12.3. The molecule has 0 fully saturated rings. The summed E-state index contributed by atoms with van der Waals surface area (Å²) in [4.78, 5) is 4.97. The highest BCUT2D eigenvalue weighted by Crippen LogP contribution is 2.44. The molecule has 2 heterocycles. The molecule has 0 atom stereocenters. The largest absolute Gasteiger partial charge is 0.306 e. The van der Waals surface area contributed by atoms with Gasteiger partial charge in [-0.1, -0.05) is 84.9 Å². The molecule has 0 bridgehead atoms. The Bertz CT molecular complexity index is 2320. The van der Waals surface area contributed by atoms with Crippen LogP contribution in [-0.2, 0) is 0 Å². The fourth-order valence-electron chi connectivity index (χ4n) is 6.51. The molecule has 0 unspecified atom stereocenters. The Kier molecular flexibility index (Phi) is 3.56. The van der Waals surface area contributed by atoms with E-state index in [0.29, 0.717) is 0 Å². The third-order valence-corrected chi connectivity index (χ3v) is 8.08. The maximum Gasteiger partial charge on any atom is 0.137 e. The third kappa shape index (κ3) is 2.52. The van der Waals surface area contributed by atoms with Gasteiger partial charge in [-0.25, -0.2) is 4.98 Å². The first-order chi connectivity index (χ1) is 18.3. The molecule has 0 radical (unpaired) electrons. The number of benzene rings is 6. The van der Waals surface area contributed by atoms with Gasteiger partial charge in [0.1, 0.15) is 5.65 Å². The van der Waals surface area contributed by atoms with Gasteiger partial charge < -0.3 is 4.40 Å². The minimum absolute atomic E-state index is 0.960. The van der Waals surface area contributed by atoms with Crippen molar-refractivity contribution in [1.82, 2.24) is 9.38 Å². The van der Waals surface area contributed by atoms with Crippen molar-refractivity contribution >= 4 is 70.3 Å². The smallest absolute Gasteiger partial charge is 0.137 e. The van der Waals surface area contributed by atoms with Crippen molar-refractivity contribution in [3.8, 4) is 11.3 Å². The van der Waals surface area contributed by atoms with E-state index in [2.05, 4.69) is 114 Å². The topological polar surface area (TPSA) is 17.3 Å². The Morgan fingerprint density at radius 3 is 1.65 bits per heavy atom. The van der Waals surface area contributed by atoms with Crippen molar-refractivity contribution in [1.29, 1.82) is 0 Å². The molecular weight excluding hydrogens is 448 g/mol. The van der Waals surface area contributed by atoms with E-state index >= 15 is 0 Å². The number of rotatable bonds is 1. The summed E-state index contributed by atoms with van der Waals surface area (Å²) in [5, 5.41) is 15.6. The summed E-state index contributed by atoms with van der Waals surface area (Å²) in [6.07, 6.45) is 4.19. The molecule has 0 aliphatic rings. The number of pyridine rings is 1. The van der Waals surface area contributed by atoms with Gasteiger partial charge in [-0.2, -0.15) is 0 Å². The lowest BCUT2D eigenvalue weighted by molar-refractivity contribution is 1.19. The second-order valence-corrected chi connectivity index (χ2v) is 10.1. The molecule has 2 heteroatoms. The minimum Gasteiger partial charge on any atom is -0.306 e. The Morgan fingerprint density at radius 1 is 0.459 bits per heavy atom. The molecule has 0 aliphatic heterocycles. The van der Waals surface area contributed by atoms with Gasteiger partial charge in [0.15, 0.2) is 0 Å². The van der Waals surface area contributed by atoms with E-state index in [0.717, 1.165) is 16.9 Å². The van der Waals surface area contributed by atoms with Crippen LogP contribution in [0.15, 0.2) is 122 Å². The fraction of sp³-hybridized carbons (Fsp3) is 0. The number of hydrogen-bond acceptors (Lipinski definition) is 1. The molecule has 9 rings (SSSR count). The molecule has 170 valence electrons. The van der Waals surface area contributed by atoms with Crippen LogP contribution in [0.1, 0.15) is 0 Å². The van der Waals surface area contributed by atoms with Gasteiger partial charge in [-0.3, -0.25) is 0 Å². The summed E-state index contributed by atoms with van der Waals surface area (Å²) in [5.41, 5.74) is 3.09. The number of aromatic nitrogens is 2. The van der Waals surface area contributed by atoms with Crippen LogP contribution in [-0.4, -0.2) is 9.38 Å². The second-order valence-electron chi connectivity index (χ2n) is 10.1. The maximum absolute atomic E-state index is 4.97. The van der Waals surface area contributed by atoms with Crippen LogP contribution in [0.5, 0.6) is 0 Å². The van der Waals surface area contributed by atoms with Gasteiger partial charge in [0, 0.05) is 18.0 Å². The molecule has 0 aliphatic carbocycles. The van der Waals surface area contributed by atoms with Crippen LogP contribution in [0.25, 0.3) is 81.5 Å². The molecule has 0 amide bonds. The first-order valence-corrected chi connectivity index (χ1v) is 12.7. The molecule has 0 saturated carbocycles. The summed E-state index contributed by atoms with van der Waals surface area (Å²) >= 11 is 0. The highest BCUT2D eigenvalue weighted by molar-refractivity contribution is 6.37. The monoisotopic (exact) mass is 468 g/mol. The van der Waals surface area contributed by atoms with Gasteiger partial charge >= 0.3 is 0 Å². The Balaban J connectivity index is 1.60. The van der Waals surface area contributed by atoms with Crippen molar-refractivity contribution in [2.75, 3.05) is 0 Å². The quantitative estimate of drug-likeness (QED) is 0.219. The molecule has 9 aromatic rings. The van der Waals surface area contributed by atoms with Crippen LogP contribution < -0.4 is 0 Å². The Labute approximate surface area is 212 Å². The molecule has 0 saturated heterocycles. The lowest BCUT2D eigenvalue weighted by atomic mass is 9.87. The molecule has 2 aromatic heterocycles. The van der Waals surface area contributed by atoms with E-state index in [1.807, 2.05) is 12.1 Å². The van der Waals surface area contributed by atoms with Crippen molar-refractivity contribution in [3.63, 3.8) is 0 Å².